The van der Waals surface area contributed by atoms with Gasteiger partial charge in [0.1, 0.15) is 0 Å². The lowest BCUT2D eigenvalue weighted by Gasteiger charge is -2.34. The van der Waals surface area contributed by atoms with Crippen LogP contribution in [0.15, 0.2) is 36.4 Å². The molecule has 33 heavy (non-hydrogen) atoms. The van der Waals surface area contributed by atoms with Gasteiger partial charge in [-0.1, -0.05) is 32.0 Å². The minimum Gasteiger partial charge on any atom is -0.369 e. The molecular weight excluding hydrogens is 427 g/mol. The smallest absolute Gasteiger partial charge is 0.369 e. The van der Waals surface area contributed by atoms with Gasteiger partial charge >= 0.3 is 6.18 Å². The van der Waals surface area contributed by atoms with Gasteiger partial charge in [0.25, 0.3) is 0 Å². The van der Waals surface area contributed by atoms with Crippen LogP contribution in [0.1, 0.15) is 36.2 Å². The summed E-state index contributed by atoms with van der Waals surface area (Å²) in [6.07, 6.45) is -4.37. The van der Waals surface area contributed by atoms with E-state index in [2.05, 4.69) is 44.5 Å². The predicted octanol–water partition coefficient (Wildman–Crippen LogP) is 5.66. The number of likely N-dealkylation sites (N-methyl/N-ethyl adjacent to an activating group) is 1. The number of piperazine rings is 1. The molecule has 1 aliphatic rings. The zero-order valence-corrected chi connectivity index (χ0v) is 19.9. The van der Waals surface area contributed by atoms with E-state index >= 15 is 0 Å². The average molecular weight is 460 g/mol. The Kier molecular flexibility index (Phi) is 7.79. The summed E-state index contributed by atoms with van der Waals surface area (Å²) in [7, 11) is 2.12. The Morgan fingerprint density at radius 2 is 1.64 bits per heavy atom. The molecule has 0 radical (unpaired) electrons. The summed E-state index contributed by atoms with van der Waals surface area (Å²) >= 11 is 0. The molecule has 2 heterocycles. The molecule has 3 aromatic rings. The van der Waals surface area contributed by atoms with Gasteiger partial charge in [0.2, 0.25) is 0 Å². The van der Waals surface area contributed by atoms with E-state index in [-0.39, 0.29) is 12.1 Å². The Labute approximate surface area is 193 Å². The molecule has 0 amide bonds. The van der Waals surface area contributed by atoms with Crippen LogP contribution in [0.5, 0.6) is 0 Å². The maximum Gasteiger partial charge on any atom is 0.416 e. The summed E-state index contributed by atoms with van der Waals surface area (Å²) in [5, 5.41) is 13.7. The number of hydrogen-bond donors (Lipinski definition) is 1. The summed E-state index contributed by atoms with van der Waals surface area (Å²) in [5.74, 6) is 0.577. The molecule has 0 unspecified atom stereocenters. The maximum absolute atomic E-state index is 13.2. The quantitative estimate of drug-likeness (QED) is 0.546. The fourth-order valence-electron chi connectivity index (χ4n) is 4.03. The van der Waals surface area contributed by atoms with Gasteiger partial charge in [0, 0.05) is 49.2 Å². The molecule has 0 saturated carbocycles. The highest BCUT2D eigenvalue weighted by Crippen LogP contribution is 2.33. The Morgan fingerprint density at radius 1 is 0.939 bits per heavy atom. The standard InChI is InChI=1S/C23H26F3N5.C2H6/c1-15-17(5-4-6-21(15)23(24,25)26)14-27-22-20-13-18(31-11-9-30(3)10-12-31)7-8-19(20)16(2)28-29-22;1-2/h4-8,13H,9-12,14H2,1-3H3,(H,27,29);1-2H3. The molecule has 0 aliphatic carbocycles. The van der Waals surface area contributed by atoms with Gasteiger partial charge in [0.15, 0.2) is 5.82 Å². The first-order valence-electron chi connectivity index (χ1n) is 11.3. The van der Waals surface area contributed by atoms with Crippen molar-refractivity contribution in [3.05, 3.63) is 58.8 Å². The second-order valence-corrected chi connectivity index (χ2v) is 8.10. The van der Waals surface area contributed by atoms with Gasteiger partial charge in [-0.05, 0) is 50.2 Å². The summed E-state index contributed by atoms with van der Waals surface area (Å²) < 4.78 is 39.7. The van der Waals surface area contributed by atoms with Crippen molar-refractivity contribution in [1.82, 2.24) is 15.1 Å². The van der Waals surface area contributed by atoms with Gasteiger partial charge < -0.3 is 15.1 Å². The molecule has 0 atom stereocenters. The van der Waals surface area contributed by atoms with Crippen LogP contribution < -0.4 is 10.2 Å². The zero-order chi connectivity index (χ0) is 24.2. The number of aromatic nitrogens is 2. The third-order valence-corrected chi connectivity index (χ3v) is 6.01. The minimum atomic E-state index is -4.37. The average Bonchev–Trinajstić information content (AvgIpc) is 2.80. The van der Waals surface area contributed by atoms with Gasteiger partial charge in [0.05, 0.1) is 11.3 Å². The van der Waals surface area contributed by atoms with Crippen LogP contribution in [0, 0.1) is 13.8 Å². The number of nitrogens with zero attached hydrogens (tertiary/aromatic N) is 4. The molecule has 8 heteroatoms. The van der Waals surface area contributed by atoms with E-state index in [1.165, 1.54) is 13.0 Å². The summed E-state index contributed by atoms with van der Waals surface area (Å²) in [4.78, 5) is 4.65. The van der Waals surface area contributed by atoms with E-state index in [0.717, 1.165) is 54.4 Å². The second kappa shape index (κ2) is 10.4. The lowest BCUT2D eigenvalue weighted by atomic mass is 10.0. The lowest BCUT2D eigenvalue weighted by molar-refractivity contribution is -0.138. The number of anilines is 2. The van der Waals surface area contributed by atoms with Crippen LogP contribution in [0.25, 0.3) is 10.8 Å². The number of aryl methyl sites for hydroxylation is 1. The number of halogens is 3. The Hall–Kier alpha value is -2.87. The van der Waals surface area contributed by atoms with Crippen LogP contribution in [0.4, 0.5) is 24.7 Å². The molecular formula is C25H32F3N5. The third-order valence-electron chi connectivity index (χ3n) is 6.01. The second-order valence-electron chi connectivity index (χ2n) is 8.10. The molecule has 5 nitrogen and oxygen atoms in total. The van der Waals surface area contributed by atoms with Crippen molar-refractivity contribution in [2.75, 3.05) is 43.4 Å². The van der Waals surface area contributed by atoms with E-state index in [0.29, 0.717) is 11.4 Å². The van der Waals surface area contributed by atoms with E-state index in [4.69, 9.17) is 0 Å². The van der Waals surface area contributed by atoms with Crippen molar-refractivity contribution in [3.63, 3.8) is 0 Å². The monoisotopic (exact) mass is 459 g/mol. The van der Waals surface area contributed by atoms with Gasteiger partial charge in [-0.2, -0.15) is 18.3 Å². The molecule has 1 fully saturated rings. The molecule has 4 rings (SSSR count). The number of rotatable bonds is 4. The lowest BCUT2D eigenvalue weighted by Crippen LogP contribution is -2.44. The summed E-state index contributed by atoms with van der Waals surface area (Å²) in [6, 6.07) is 10.5. The van der Waals surface area contributed by atoms with Gasteiger partial charge in [-0.3, -0.25) is 0 Å². The first-order chi connectivity index (χ1) is 15.7. The van der Waals surface area contributed by atoms with E-state index < -0.39 is 11.7 Å². The largest absolute Gasteiger partial charge is 0.416 e. The molecule has 1 aromatic heterocycles. The normalized spacial score (nSPS) is 14.7. The van der Waals surface area contributed by atoms with E-state index in [9.17, 15) is 13.2 Å². The number of nitrogens with one attached hydrogen (secondary N) is 1. The number of benzene rings is 2. The van der Waals surface area contributed by atoms with Crippen LogP contribution in [0.3, 0.4) is 0 Å². The molecule has 1 aliphatic heterocycles. The van der Waals surface area contributed by atoms with Crippen LogP contribution in [0.2, 0.25) is 0 Å². The van der Waals surface area contributed by atoms with Crippen molar-refractivity contribution in [3.8, 4) is 0 Å². The highest BCUT2D eigenvalue weighted by atomic mass is 19.4. The fraction of sp³-hybridized carbons (Fsp3) is 0.440. The van der Waals surface area contributed by atoms with Crippen LogP contribution >= 0.6 is 0 Å². The Balaban J connectivity index is 0.00000149. The van der Waals surface area contributed by atoms with Gasteiger partial charge in [-0.15, -0.1) is 5.10 Å². The molecule has 178 valence electrons. The van der Waals surface area contributed by atoms with Crippen molar-refractivity contribution in [2.24, 2.45) is 0 Å². The molecule has 2 aromatic carbocycles. The first kappa shape index (κ1) is 24.8. The van der Waals surface area contributed by atoms with Crippen LogP contribution in [-0.4, -0.2) is 48.3 Å². The van der Waals surface area contributed by atoms with Crippen molar-refractivity contribution in [1.29, 1.82) is 0 Å². The molecule has 0 spiro atoms. The summed E-state index contributed by atoms with van der Waals surface area (Å²) in [6.45, 7) is 11.6. The SMILES string of the molecule is CC.Cc1c(CNc2nnc(C)c3ccc(N4CCN(C)CC4)cc23)cccc1C(F)(F)F. The van der Waals surface area contributed by atoms with E-state index in [1.54, 1.807) is 6.07 Å². The molecule has 0 bridgehead atoms. The Bertz CT molecular complexity index is 1090. The van der Waals surface area contributed by atoms with Crippen molar-refractivity contribution < 1.29 is 13.2 Å². The van der Waals surface area contributed by atoms with E-state index in [1.807, 2.05) is 26.8 Å². The molecule has 1 saturated heterocycles. The summed E-state index contributed by atoms with van der Waals surface area (Å²) in [5.41, 5.74) is 2.14. The highest BCUT2D eigenvalue weighted by Gasteiger charge is 2.32. The zero-order valence-electron chi connectivity index (χ0n) is 19.9. The highest BCUT2D eigenvalue weighted by molar-refractivity contribution is 5.95. The fourth-order valence-corrected chi connectivity index (χ4v) is 4.03. The van der Waals surface area contributed by atoms with Crippen molar-refractivity contribution in [2.45, 2.75) is 40.4 Å². The third kappa shape index (κ3) is 5.55. The maximum atomic E-state index is 13.2. The topological polar surface area (TPSA) is 44.3 Å². The van der Waals surface area contributed by atoms with Crippen molar-refractivity contribution >= 4 is 22.3 Å². The Morgan fingerprint density at radius 3 is 2.30 bits per heavy atom. The minimum absolute atomic E-state index is 0.227. The number of alkyl halides is 3. The van der Waals surface area contributed by atoms with Gasteiger partial charge in [-0.25, -0.2) is 0 Å². The molecule has 1 N–H and O–H groups in total. The number of fused-ring (bicyclic) bond motifs is 1. The predicted molar refractivity (Wildman–Crippen MR) is 129 cm³/mol. The first-order valence-corrected chi connectivity index (χ1v) is 11.3. The van der Waals surface area contributed by atoms with Crippen LogP contribution in [-0.2, 0) is 12.7 Å². The number of hydrogen-bond acceptors (Lipinski definition) is 5.